The van der Waals surface area contributed by atoms with Gasteiger partial charge in [0.05, 0.1) is 17.3 Å². The van der Waals surface area contributed by atoms with E-state index in [0.717, 1.165) is 11.1 Å². The molecule has 2 aromatic rings. The molecule has 0 heterocycles. The second kappa shape index (κ2) is 6.05. The van der Waals surface area contributed by atoms with Crippen LogP contribution in [-0.4, -0.2) is 13.5 Å². The van der Waals surface area contributed by atoms with Crippen LogP contribution in [0.3, 0.4) is 0 Å². The molecule has 112 valence electrons. The third-order valence-corrected chi connectivity index (χ3v) is 5.16. The van der Waals surface area contributed by atoms with Crippen LogP contribution in [0, 0.1) is 13.8 Å². The molecule has 21 heavy (non-hydrogen) atoms. The first kappa shape index (κ1) is 15.8. The number of anilines is 1. The zero-order valence-electron chi connectivity index (χ0n) is 11.7. The van der Waals surface area contributed by atoms with Crippen LogP contribution in [0.1, 0.15) is 16.7 Å². The van der Waals surface area contributed by atoms with Gasteiger partial charge in [0.25, 0.3) is 10.0 Å². The lowest BCUT2D eigenvalue weighted by molar-refractivity contribution is 0.281. The SMILES string of the molecule is Cc1cccc(NS(=O)(=O)c2cc(CO)ccc2Cl)c1C. The Morgan fingerprint density at radius 2 is 1.90 bits per heavy atom. The normalized spacial score (nSPS) is 11.4. The highest BCUT2D eigenvalue weighted by Crippen LogP contribution is 2.27. The van der Waals surface area contributed by atoms with Gasteiger partial charge in [-0.25, -0.2) is 8.42 Å². The van der Waals surface area contributed by atoms with Gasteiger partial charge in [-0.05, 0) is 48.7 Å². The van der Waals surface area contributed by atoms with E-state index >= 15 is 0 Å². The summed E-state index contributed by atoms with van der Waals surface area (Å²) in [4.78, 5) is -0.0448. The Kier molecular flexibility index (Phi) is 4.56. The first-order valence-electron chi connectivity index (χ1n) is 6.33. The van der Waals surface area contributed by atoms with E-state index in [4.69, 9.17) is 16.7 Å². The smallest absolute Gasteiger partial charge is 0.263 e. The molecule has 6 heteroatoms. The summed E-state index contributed by atoms with van der Waals surface area (Å²) in [6.07, 6.45) is 0. The summed E-state index contributed by atoms with van der Waals surface area (Å²) in [5.41, 5.74) is 2.85. The summed E-state index contributed by atoms with van der Waals surface area (Å²) in [5.74, 6) is 0. The van der Waals surface area contributed by atoms with E-state index in [9.17, 15) is 8.42 Å². The van der Waals surface area contributed by atoms with Crippen molar-refractivity contribution in [1.82, 2.24) is 0 Å². The number of halogens is 1. The lowest BCUT2D eigenvalue weighted by Crippen LogP contribution is -2.15. The van der Waals surface area contributed by atoms with Gasteiger partial charge in [-0.1, -0.05) is 29.8 Å². The van der Waals surface area contributed by atoms with Crippen LogP contribution in [0.4, 0.5) is 5.69 Å². The highest BCUT2D eigenvalue weighted by Gasteiger charge is 2.19. The maximum atomic E-state index is 12.5. The summed E-state index contributed by atoms with van der Waals surface area (Å²) in [6, 6.07) is 9.81. The van der Waals surface area contributed by atoms with Crippen molar-refractivity contribution >= 4 is 27.3 Å². The minimum atomic E-state index is -3.81. The molecule has 0 saturated carbocycles. The first-order chi connectivity index (χ1) is 9.85. The van der Waals surface area contributed by atoms with Crippen LogP contribution in [0.5, 0.6) is 0 Å². The van der Waals surface area contributed by atoms with E-state index in [1.165, 1.54) is 12.1 Å². The third-order valence-electron chi connectivity index (χ3n) is 3.32. The van der Waals surface area contributed by atoms with E-state index < -0.39 is 10.0 Å². The molecule has 0 radical (unpaired) electrons. The number of benzene rings is 2. The van der Waals surface area contributed by atoms with E-state index in [-0.39, 0.29) is 16.5 Å². The number of hydrogen-bond donors (Lipinski definition) is 2. The van der Waals surface area contributed by atoms with Gasteiger partial charge in [-0.3, -0.25) is 4.72 Å². The average Bonchev–Trinajstić information content (AvgIpc) is 2.44. The summed E-state index contributed by atoms with van der Waals surface area (Å²) in [5, 5.41) is 9.25. The van der Waals surface area contributed by atoms with E-state index in [2.05, 4.69) is 4.72 Å². The number of sulfonamides is 1. The zero-order valence-corrected chi connectivity index (χ0v) is 13.3. The van der Waals surface area contributed by atoms with Crippen molar-refractivity contribution in [2.75, 3.05) is 4.72 Å². The topological polar surface area (TPSA) is 66.4 Å². The molecule has 0 atom stereocenters. The van der Waals surface area contributed by atoms with Crippen molar-refractivity contribution < 1.29 is 13.5 Å². The molecule has 2 aromatic carbocycles. The molecule has 0 amide bonds. The van der Waals surface area contributed by atoms with Gasteiger partial charge in [-0.2, -0.15) is 0 Å². The van der Waals surface area contributed by atoms with Crippen molar-refractivity contribution in [3.8, 4) is 0 Å². The quantitative estimate of drug-likeness (QED) is 0.906. The van der Waals surface area contributed by atoms with E-state index in [0.29, 0.717) is 11.3 Å². The molecule has 2 rings (SSSR count). The Labute approximate surface area is 129 Å². The van der Waals surface area contributed by atoms with Gasteiger partial charge in [-0.15, -0.1) is 0 Å². The largest absolute Gasteiger partial charge is 0.392 e. The lowest BCUT2D eigenvalue weighted by atomic mass is 10.1. The summed E-state index contributed by atoms with van der Waals surface area (Å²) >= 11 is 5.97. The number of aliphatic hydroxyl groups excluding tert-OH is 1. The van der Waals surface area contributed by atoms with Gasteiger partial charge in [0.2, 0.25) is 0 Å². The fourth-order valence-electron chi connectivity index (χ4n) is 1.91. The fraction of sp³-hybridized carbons (Fsp3) is 0.200. The maximum absolute atomic E-state index is 12.5. The molecule has 0 aromatic heterocycles. The van der Waals surface area contributed by atoms with Crippen molar-refractivity contribution in [1.29, 1.82) is 0 Å². The molecule has 0 fully saturated rings. The number of aliphatic hydroxyl groups is 1. The number of rotatable bonds is 4. The van der Waals surface area contributed by atoms with Crippen molar-refractivity contribution in [3.05, 3.63) is 58.1 Å². The molecule has 0 aliphatic rings. The van der Waals surface area contributed by atoms with Gasteiger partial charge in [0.1, 0.15) is 4.90 Å². The van der Waals surface area contributed by atoms with Crippen LogP contribution in [0.2, 0.25) is 5.02 Å². The molecule has 0 bridgehead atoms. The second-order valence-electron chi connectivity index (χ2n) is 4.78. The van der Waals surface area contributed by atoms with Crippen molar-refractivity contribution in [3.63, 3.8) is 0 Å². The number of aryl methyl sites for hydroxylation is 1. The Bertz CT molecular complexity index is 772. The predicted molar refractivity (Wildman–Crippen MR) is 84.1 cm³/mol. The van der Waals surface area contributed by atoms with Gasteiger partial charge in [0, 0.05) is 0 Å². The molecule has 4 nitrogen and oxygen atoms in total. The Morgan fingerprint density at radius 1 is 1.19 bits per heavy atom. The monoisotopic (exact) mass is 325 g/mol. The number of nitrogens with one attached hydrogen (secondary N) is 1. The van der Waals surface area contributed by atoms with Gasteiger partial charge >= 0.3 is 0 Å². The van der Waals surface area contributed by atoms with Crippen LogP contribution < -0.4 is 4.72 Å². The fourth-order valence-corrected chi connectivity index (χ4v) is 3.59. The van der Waals surface area contributed by atoms with Crippen LogP contribution in [0.25, 0.3) is 0 Å². The lowest BCUT2D eigenvalue weighted by Gasteiger charge is -2.13. The molecule has 0 aliphatic heterocycles. The standard InChI is InChI=1S/C15H16ClNO3S/c1-10-4-3-5-14(11(10)2)17-21(19,20)15-8-12(9-18)6-7-13(15)16/h3-8,17-18H,9H2,1-2H3. The minimum Gasteiger partial charge on any atom is -0.392 e. The molecule has 0 saturated heterocycles. The summed E-state index contributed by atoms with van der Waals surface area (Å²) in [7, 11) is -3.81. The zero-order chi connectivity index (χ0) is 15.6. The minimum absolute atomic E-state index is 0.0448. The molecular formula is C15H16ClNO3S. The number of hydrogen-bond acceptors (Lipinski definition) is 3. The molecular weight excluding hydrogens is 310 g/mol. The van der Waals surface area contributed by atoms with Crippen LogP contribution >= 0.6 is 11.6 Å². The van der Waals surface area contributed by atoms with Crippen LogP contribution in [0.15, 0.2) is 41.3 Å². The van der Waals surface area contributed by atoms with Crippen molar-refractivity contribution in [2.45, 2.75) is 25.3 Å². The second-order valence-corrected chi connectivity index (χ2v) is 6.83. The Hall–Kier alpha value is -1.56. The maximum Gasteiger partial charge on any atom is 0.263 e. The summed E-state index contributed by atoms with van der Waals surface area (Å²) in [6.45, 7) is 3.51. The van der Waals surface area contributed by atoms with Crippen molar-refractivity contribution in [2.24, 2.45) is 0 Å². The van der Waals surface area contributed by atoms with E-state index in [1.807, 2.05) is 19.9 Å². The molecule has 2 N–H and O–H groups in total. The third kappa shape index (κ3) is 3.37. The molecule has 0 unspecified atom stereocenters. The Balaban J connectivity index is 2.46. The highest BCUT2D eigenvalue weighted by atomic mass is 35.5. The Morgan fingerprint density at radius 3 is 2.57 bits per heavy atom. The van der Waals surface area contributed by atoms with E-state index in [1.54, 1.807) is 18.2 Å². The molecule has 0 spiro atoms. The highest BCUT2D eigenvalue weighted by molar-refractivity contribution is 7.92. The summed E-state index contributed by atoms with van der Waals surface area (Å²) < 4.78 is 27.5. The van der Waals surface area contributed by atoms with Crippen LogP contribution in [-0.2, 0) is 16.6 Å². The van der Waals surface area contributed by atoms with Gasteiger partial charge < -0.3 is 5.11 Å². The van der Waals surface area contributed by atoms with Gasteiger partial charge in [0.15, 0.2) is 0 Å². The first-order valence-corrected chi connectivity index (χ1v) is 8.19. The average molecular weight is 326 g/mol. The predicted octanol–water partition coefficient (Wildman–Crippen LogP) is 3.25. The molecule has 0 aliphatic carbocycles.